The van der Waals surface area contributed by atoms with Gasteiger partial charge in [-0.05, 0) is 53.6 Å². The minimum atomic E-state index is 0.204. The van der Waals surface area contributed by atoms with Crippen LogP contribution in [0.2, 0.25) is 0 Å². The molecule has 0 radical (unpaired) electrons. The molecule has 0 atom stereocenters. The smallest absolute Gasteiger partial charge is 0.227 e. The van der Waals surface area contributed by atoms with Crippen LogP contribution < -0.4 is 5.32 Å². The van der Waals surface area contributed by atoms with Crippen LogP contribution in [-0.2, 0) is 11.2 Å². The summed E-state index contributed by atoms with van der Waals surface area (Å²) in [5.74, 6) is 0.411. The summed E-state index contributed by atoms with van der Waals surface area (Å²) in [6.07, 6.45) is 6.72. The fraction of sp³-hybridized carbons (Fsp3) is 0.350. The van der Waals surface area contributed by atoms with Crippen LogP contribution in [0, 0.1) is 5.92 Å². The van der Waals surface area contributed by atoms with Gasteiger partial charge in [0.25, 0.3) is 0 Å². The van der Waals surface area contributed by atoms with Gasteiger partial charge in [-0.3, -0.25) is 4.79 Å². The lowest BCUT2D eigenvalue weighted by Gasteiger charge is -2.20. The van der Waals surface area contributed by atoms with E-state index in [-0.39, 0.29) is 11.8 Å². The van der Waals surface area contributed by atoms with Crippen molar-refractivity contribution in [2.45, 2.75) is 38.5 Å². The molecule has 1 saturated carbocycles. The summed E-state index contributed by atoms with van der Waals surface area (Å²) in [6, 6.07) is 14.9. The highest BCUT2D eigenvalue weighted by Crippen LogP contribution is 2.37. The second-order valence-electron chi connectivity index (χ2n) is 6.53. The summed E-state index contributed by atoms with van der Waals surface area (Å²) in [5.41, 5.74) is 6.30. The zero-order valence-corrected chi connectivity index (χ0v) is 12.8. The predicted octanol–water partition coefficient (Wildman–Crippen LogP) is 4.78. The molecule has 0 spiro atoms. The molecule has 2 nitrogen and oxygen atoms in total. The summed E-state index contributed by atoms with van der Waals surface area (Å²) < 4.78 is 0. The molecule has 0 aliphatic heterocycles. The number of rotatable bonds is 2. The van der Waals surface area contributed by atoms with Crippen LogP contribution in [-0.4, -0.2) is 5.91 Å². The van der Waals surface area contributed by atoms with Crippen LogP contribution in [0.3, 0.4) is 0 Å². The van der Waals surface area contributed by atoms with Crippen molar-refractivity contribution in [1.29, 1.82) is 0 Å². The molecule has 2 aromatic rings. The van der Waals surface area contributed by atoms with Crippen molar-refractivity contribution in [1.82, 2.24) is 0 Å². The number of hydrogen-bond donors (Lipinski definition) is 1. The number of amides is 1. The van der Waals surface area contributed by atoms with Crippen molar-refractivity contribution in [3.63, 3.8) is 0 Å². The molecule has 0 heterocycles. The van der Waals surface area contributed by atoms with E-state index in [1.54, 1.807) is 0 Å². The van der Waals surface area contributed by atoms with Gasteiger partial charge in [0.05, 0.1) is 0 Å². The van der Waals surface area contributed by atoms with E-state index in [2.05, 4.69) is 41.7 Å². The molecule has 0 bridgehead atoms. The molecule has 2 aromatic carbocycles. The average Bonchev–Trinajstić information content (AvgIpc) is 2.93. The number of nitrogens with one attached hydrogen (secondary N) is 1. The molecule has 0 saturated heterocycles. The first-order chi connectivity index (χ1) is 10.8. The second-order valence-corrected chi connectivity index (χ2v) is 6.53. The Kier molecular flexibility index (Phi) is 3.45. The van der Waals surface area contributed by atoms with E-state index in [1.807, 2.05) is 6.07 Å². The quantitative estimate of drug-likeness (QED) is 0.723. The third kappa shape index (κ3) is 2.43. The fourth-order valence-electron chi connectivity index (χ4n) is 3.83. The highest BCUT2D eigenvalue weighted by Gasteiger charge is 2.22. The Balaban J connectivity index is 1.53. The minimum absolute atomic E-state index is 0.204. The Bertz CT molecular complexity index is 713. The van der Waals surface area contributed by atoms with Crippen molar-refractivity contribution >= 4 is 11.6 Å². The lowest BCUT2D eigenvalue weighted by Crippen LogP contribution is -2.24. The van der Waals surface area contributed by atoms with Crippen molar-refractivity contribution in [2.75, 3.05) is 5.32 Å². The summed E-state index contributed by atoms with van der Waals surface area (Å²) in [7, 11) is 0. The first kappa shape index (κ1) is 13.6. The number of fused-ring (bicyclic) bond motifs is 3. The van der Waals surface area contributed by atoms with Crippen LogP contribution in [0.15, 0.2) is 42.5 Å². The largest absolute Gasteiger partial charge is 0.326 e. The van der Waals surface area contributed by atoms with Gasteiger partial charge < -0.3 is 5.32 Å². The van der Waals surface area contributed by atoms with Crippen LogP contribution in [0.25, 0.3) is 11.1 Å². The van der Waals surface area contributed by atoms with E-state index in [4.69, 9.17) is 0 Å². The van der Waals surface area contributed by atoms with Crippen LogP contribution in [0.5, 0.6) is 0 Å². The number of carbonyl (C=O) groups is 1. The van der Waals surface area contributed by atoms with Crippen molar-refractivity contribution in [3.8, 4) is 11.1 Å². The maximum Gasteiger partial charge on any atom is 0.227 e. The summed E-state index contributed by atoms with van der Waals surface area (Å²) in [6.45, 7) is 0. The molecule has 2 heteroatoms. The summed E-state index contributed by atoms with van der Waals surface area (Å²) in [4.78, 5) is 12.4. The predicted molar refractivity (Wildman–Crippen MR) is 89.9 cm³/mol. The second kappa shape index (κ2) is 5.60. The topological polar surface area (TPSA) is 29.1 Å². The summed E-state index contributed by atoms with van der Waals surface area (Å²) in [5, 5.41) is 3.13. The summed E-state index contributed by atoms with van der Waals surface area (Å²) >= 11 is 0. The molecule has 0 unspecified atom stereocenters. The Hall–Kier alpha value is -2.09. The van der Waals surface area contributed by atoms with Crippen molar-refractivity contribution in [2.24, 2.45) is 5.92 Å². The number of benzene rings is 2. The molecule has 4 rings (SSSR count). The van der Waals surface area contributed by atoms with Gasteiger partial charge in [0.15, 0.2) is 0 Å². The molecule has 1 fully saturated rings. The maximum atomic E-state index is 12.4. The zero-order chi connectivity index (χ0) is 14.9. The van der Waals surface area contributed by atoms with Gasteiger partial charge in [-0.25, -0.2) is 0 Å². The van der Waals surface area contributed by atoms with E-state index in [0.717, 1.165) is 24.9 Å². The highest BCUT2D eigenvalue weighted by atomic mass is 16.1. The van der Waals surface area contributed by atoms with Crippen LogP contribution >= 0.6 is 0 Å². The van der Waals surface area contributed by atoms with Gasteiger partial charge >= 0.3 is 0 Å². The molecule has 22 heavy (non-hydrogen) atoms. The molecule has 2 aliphatic carbocycles. The first-order valence-corrected chi connectivity index (χ1v) is 8.33. The molecule has 2 aliphatic rings. The molecular weight excluding hydrogens is 270 g/mol. The van der Waals surface area contributed by atoms with Gasteiger partial charge in [0, 0.05) is 11.6 Å². The van der Waals surface area contributed by atoms with E-state index >= 15 is 0 Å². The van der Waals surface area contributed by atoms with Gasteiger partial charge in [0.1, 0.15) is 0 Å². The molecule has 1 N–H and O–H groups in total. The molecule has 1 amide bonds. The number of hydrogen-bond acceptors (Lipinski definition) is 1. The Labute approximate surface area is 131 Å². The first-order valence-electron chi connectivity index (χ1n) is 8.33. The van der Waals surface area contributed by atoms with Crippen LogP contribution in [0.4, 0.5) is 5.69 Å². The molecule has 0 aromatic heterocycles. The van der Waals surface area contributed by atoms with Crippen molar-refractivity contribution in [3.05, 3.63) is 53.6 Å². The van der Waals surface area contributed by atoms with E-state index in [9.17, 15) is 4.79 Å². The molecule has 112 valence electrons. The minimum Gasteiger partial charge on any atom is -0.326 e. The standard InChI is InChI=1S/C20H21NO/c22-20(14-6-2-1-3-7-14)21-17-10-11-19-16(13-17)12-15-8-4-5-9-18(15)19/h4-5,8-11,13-14H,1-3,6-7,12H2,(H,21,22). The van der Waals surface area contributed by atoms with Crippen molar-refractivity contribution < 1.29 is 4.79 Å². The van der Waals surface area contributed by atoms with E-state index in [0.29, 0.717) is 0 Å². The van der Waals surface area contributed by atoms with Gasteiger partial charge in [0.2, 0.25) is 5.91 Å². The Morgan fingerprint density at radius 1 is 0.909 bits per heavy atom. The SMILES string of the molecule is O=C(Nc1ccc2c(c1)Cc1ccccc1-2)C1CCCCC1. The van der Waals surface area contributed by atoms with Crippen LogP contribution in [0.1, 0.15) is 43.2 Å². The average molecular weight is 291 g/mol. The third-order valence-electron chi connectivity index (χ3n) is 5.04. The number of carbonyl (C=O) groups excluding carboxylic acids is 1. The fourth-order valence-corrected chi connectivity index (χ4v) is 3.83. The van der Waals surface area contributed by atoms with Gasteiger partial charge in [-0.1, -0.05) is 49.6 Å². The lowest BCUT2D eigenvalue weighted by atomic mass is 9.88. The van der Waals surface area contributed by atoms with E-state index < -0.39 is 0 Å². The maximum absolute atomic E-state index is 12.4. The zero-order valence-electron chi connectivity index (χ0n) is 12.8. The monoisotopic (exact) mass is 291 g/mol. The number of anilines is 1. The van der Waals surface area contributed by atoms with Gasteiger partial charge in [-0.15, -0.1) is 0 Å². The third-order valence-corrected chi connectivity index (χ3v) is 5.04. The van der Waals surface area contributed by atoms with E-state index in [1.165, 1.54) is 41.5 Å². The Morgan fingerprint density at radius 3 is 2.55 bits per heavy atom. The lowest BCUT2D eigenvalue weighted by molar-refractivity contribution is -0.120. The van der Waals surface area contributed by atoms with Gasteiger partial charge in [-0.2, -0.15) is 0 Å². The highest BCUT2D eigenvalue weighted by molar-refractivity contribution is 5.93. The normalized spacial score (nSPS) is 16.9. The Morgan fingerprint density at radius 2 is 1.68 bits per heavy atom. The molecular formula is C20H21NO.